The third-order valence-corrected chi connectivity index (χ3v) is 4.84. The average molecular weight is 423 g/mol. The van der Waals surface area contributed by atoms with Crippen LogP contribution in [0.5, 0.6) is 11.6 Å². The summed E-state index contributed by atoms with van der Waals surface area (Å²) >= 11 is 0. The summed E-state index contributed by atoms with van der Waals surface area (Å²) in [5.41, 5.74) is 2.70. The molecule has 0 saturated carbocycles. The molecule has 0 spiro atoms. The zero-order valence-corrected chi connectivity index (χ0v) is 18.0. The topological polar surface area (TPSA) is 102 Å². The average Bonchev–Trinajstić information content (AvgIpc) is 3.01. The SMILES string of the molecule is COC(=O)Cn1c(O)c(N=NC(=O)COc2cc(C)ccc2C(C)C)c2ccccc21. The smallest absolute Gasteiger partial charge is 0.325 e. The molecular formula is C23H25N3O5. The molecule has 3 rings (SSSR count). The number of azo groups is 1. The van der Waals surface area contributed by atoms with Gasteiger partial charge in [-0.15, -0.1) is 10.2 Å². The number of benzene rings is 2. The molecule has 0 unspecified atom stereocenters. The van der Waals surface area contributed by atoms with E-state index in [1.54, 1.807) is 24.3 Å². The first-order chi connectivity index (χ1) is 14.8. The molecule has 0 atom stereocenters. The summed E-state index contributed by atoms with van der Waals surface area (Å²) in [6.45, 7) is 5.57. The number of carbonyl (C=O) groups excluding carboxylic acids is 2. The van der Waals surface area contributed by atoms with Crippen molar-refractivity contribution in [3.63, 3.8) is 0 Å². The van der Waals surface area contributed by atoms with Crippen molar-refractivity contribution in [1.29, 1.82) is 0 Å². The van der Waals surface area contributed by atoms with Gasteiger partial charge in [0.05, 0.1) is 12.6 Å². The number of aromatic nitrogens is 1. The maximum atomic E-state index is 12.3. The van der Waals surface area contributed by atoms with E-state index in [0.29, 0.717) is 16.7 Å². The van der Waals surface area contributed by atoms with Crippen molar-refractivity contribution < 1.29 is 24.2 Å². The van der Waals surface area contributed by atoms with Gasteiger partial charge in [-0.1, -0.05) is 44.2 Å². The van der Waals surface area contributed by atoms with Crippen LogP contribution in [0.4, 0.5) is 5.69 Å². The quantitative estimate of drug-likeness (QED) is 0.440. The lowest BCUT2D eigenvalue weighted by Gasteiger charge is -2.13. The number of nitrogens with zero attached hydrogens (tertiary/aromatic N) is 3. The van der Waals surface area contributed by atoms with E-state index >= 15 is 0 Å². The number of hydrogen-bond acceptors (Lipinski definition) is 6. The first kappa shape index (κ1) is 22.0. The molecule has 3 aromatic rings. The van der Waals surface area contributed by atoms with Gasteiger partial charge in [-0.2, -0.15) is 0 Å². The van der Waals surface area contributed by atoms with Crippen LogP contribution in [0.25, 0.3) is 10.9 Å². The Morgan fingerprint density at radius 1 is 1.16 bits per heavy atom. The molecule has 162 valence electrons. The second kappa shape index (κ2) is 9.42. The van der Waals surface area contributed by atoms with Crippen LogP contribution >= 0.6 is 0 Å². The molecule has 0 saturated heterocycles. The normalized spacial score (nSPS) is 11.4. The largest absolute Gasteiger partial charge is 0.493 e. The van der Waals surface area contributed by atoms with E-state index in [4.69, 9.17) is 4.74 Å². The summed E-state index contributed by atoms with van der Waals surface area (Å²) in [5, 5.41) is 18.8. The molecule has 1 amide bonds. The molecule has 0 aliphatic heterocycles. The summed E-state index contributed by atoms with van der Waals surface area (Å²) in [4.78, 5) is 24.0. The summed E-state index contributed by atoms with van der Waals surface area (Å²) in [5.74, 6) is -0.519. The van der Waals surface area contributed by atoms with Crippen molar-refractivity contribution in [3.05, 3.63) is 53.6 Å². The van der Waals surface area contributed by atoms with Crippen molar-refractivity contribution >= 4 is 28.5 Å². The van der Waals surface area contributed by atoms with Crippen LogP contribution in [0, 0.1) is 6.92 Å². The fourth-order valence-corrected chi connectivity index (χ4v) is 3.24. The second-order valence-electron chi connectivity index (χ2n) is 7.43. The van der Waals surface area contributed by atoms with Crippen molar-refractivity contribution in [2.75, 3.05) is 13.7 Å². The molecule has 0 fully saturated rings. The van der Waals surface area contributed by atoms with Gasteiger partial charge < -0.3 is 14.6 Å². The van der Waals surface area contributed by atoms with Crippen LogP contribution in [0.3, 0.4) is 0 Å². The predicted molar refractivity (Wildman–Crippen MR) is 116 cm³/mol. The Morgan fingerprint density at radius 3 is 2.61 bits per heavy atom. The van der Waals surface area contributed by atoms with Crippen LogP contribution in [-0.2, 0) is 20.9 Å². The minimum absolute atomic E-state index is 0.103. The van der Waals surface area contributed by atoms with E-state index in [0.717, 1.165) is 11.1 Å². The molecule has 2 aromatic carbocycles. The number of hydrogen-bond donors (Lipinski definition) is 1. The molecule has 1 aromatic heterocycles. The molecular weight excluding hydrogens is 398 g/mol. The highest BCUT2D eigenvalue weighted by atomic mass is 16.5. The zero-order chi connectivity index (χ0) is 22.5. The third kappa shape index (κ3) is 4.91. The summed E-state index contributed by atoms with van der Waals surface area (Å²) in [6.07, 6.45) is 0. The van der Waals surface area contributed by atoms with Crippen molar-refractivity contribution in [3.8, 4) is 11.6 Å². The fourth-order valence-electron chi connectivity index (χ4n) is 3.24. The molecule has 0 bridgehead atoms. The first-order valence-corrected chi connectivity index (χ1v) is 9.86. The van der Waals surface area contributed by atoms with Gasteiger partial charge in [-0.25, -0.2) is 0 Å². The number of aromatic hydroxyl groups is 1. The molecule has 0 aliphatic carbocycles. The van der Waals surface area contributed by atoms with E-state index < -0.39 is 11.9 Å². The van der Waals surface area contributed by atoms with Gasteiger partial charge in [-0.3, -0.25) is 14.2 Å². The van der Waals surface area contributed by atoms with Crippen LogP contribution in [0.2, 0.25) is 0 Å². The number of para-hydroxylation sites is 1. The Balaban J connectivity index is 1.81. The maximum Gasteiger partial charge on any atom is 0.325 e. The number of carbonyl (C=O) groups is 2. The maximum absolute atomic E-state index is 12.3. The monoisotopic (exact) mass is 423 g/mol. The fraction of sp³-hybridized carbons (Fsp3) is 0.304. The van der Waals surface area contributed by atoms with Gasteiger partial charge in [0.15, 0.2) is 12.3 Å². The highest BCUT2D eigenvalue weighted by Gasteiger charge is 2.19. The Bertz CT molecular complexity index is 1150. The van der Waals surface area contributed by atoms with Crippen molar-refractivity contribution in [1.82, 2.24) is 4.57 Å². The molecule has 1 heterocycles. The lowest BCUT2D eigenvalue weighted by molar-refractivity contribution is -0.141. The first-order valence-electron chi connectivity index (χ1n) is 9.86. The molecule has 8 nitrogen and oxygen atoms in total. The highest BCUT2D eigenvalue weighted by Crippen LogP contribution is 2.38. The van der Waals surface area contributed by atoms with Gasteiger partial charge in [0.25, 0.3) is 0 Å². The minimum Gasteiger partial charge on any atom is -0.493 e. The lowest BCUT2D eigenvalue weighted by Crippen LogP contribution is -2.10. The third-order valence-electron chi connectivity index (χ3n) is 4.84. The standard InChI is InChI=1S/C23H25N3O5/c1-14(2)16-10-9-15(3)11-19(16)31-13-20(27)24-25-22-17-7-5-6-8-18(17)26(23(22)29)12-21(28)30-4/h5-11,14,29H,12-13H2,1-4H3. The number of rotatable bonds is 7. The number of amides is 1. The molecule has 31 heavy (non-hydrogen) atoms. The zero-order valence-electron chi connectivity index (χ0n) is 18.0. The minimum atomic E-state index is -0.597. The summed E-state index contributed by atoms with van der Waals surface area (Å²) in [6, 6.07) is 12.8. The van der Waals surface area contributed by atoms with E-state index in [2.05, 4.69) is 15.0 Å². The van der Waals surface area contributed by atoms with E-state index in [1.165, 1.54) is 11.7 Å². The summed E-state index contributed by atoms with van der Waals surface area (Å²) in [7, 11) is 1.27. The number of ether oxygens (including phenoxy) is 2. The van der Waals surface area contributed by atoms with E-state index in [1.807, 2.05) is 39.0 Å². The lowest BCUT2D eigenvalue weighted by atomic mass is 10.0. The van der Waals surface area contributed by atoms with Crippen molar-refractivity contribution in [2.45, 2.75) is 33.2 Å². The van der Waals surface area contributed by atoms with Crippen LogP contribution < -0.4 is 4.74 Å². The Hall–Kier alpha value is -3.68. The van der Waals surface area contributed by atoms with Gasteiger partial charge in [-0.05, 0) is 36.1 Å². The van der Waals surface area contributed by atoms with Crippen LogP contribution in [0.1, 0.15) is 30.9 Å². The number of fused-ring (bicyclic) bond motifs is 1. The molecule has 0 radical (unpaired) electrons. The molecule has 1 N–H and O–H groups in total. The molecule has 0 aliphatic rings. The van der Waals surface area contributed by atoms with Gasteiger partial charge in [0, 0.05) is 5.39 Å². The van der Waals surface area contributed by atoms with Crippen LogP contribution in [0.15, 0.2) is 52.7 Å². The number of aryl methyl sites for hydroxylation is 1. The second-order valence-corrected chi connectivity index (χ2v) is 7.43. The number of methoxy groups -OCH3 is 1. The Kier molecular flexibility index (Phi) is 6.69. The van der Waals surface area contributed by atoms with E-state index in [-0.39, 0.29) is 30.6 Å². The van der Waals surface area contributed by atoms with Gasteiger partial charge in [0.1, 0.15) is 12.3 Å². The summed E-state index contributed by atoms with van der Waals surface area (Å²) < 4.78 is 11.7. The van der Waals surface area contributed by atoms with Gasteiger partial charge >= 0.3 is 11.9 Å². The van der Waals surface area contributed by atoms with E-state index in [9.17, 15) is 14.7 Å². The Morgan fingerprint density at radius 2 is 1.90 bits per heavy atom. The van der Waals surface area contributed by atoms with Gasteiger partial charge in [0.2, 0.25) is 5.88 Å². The predicted octanol–water partition coefficient (Wildman–Crippen LogP) is 4.64. The van der Waals surface area contributed by atoms with Crippen molar-refractivity contribution in [2.24, 2.45) is 10.2 Å². The Labute approximate surface area is 180 Å². The number of esters is 1. The molecule has 8 heteroatoms. The highest BCUT2D eigenvalue weighted by molar-refractivity contribution is 5.96. The van der Waals surface area contributed by atoms with Crippen LogP contribution in [-0.4, -0.2) is 35.3 Å².